The van der Waals surface area contributed by atoms with Gasteiger partial charge in [-0.1, -0.05) is 48.5 Å². The highest BCUT2D eigenvalue weighted by molar-refractivity contribution is 5.99. The number of urea groups is 1. The van der Waals surface area contributed by atoms with Crippen molar-refractivity contribution in [2.45, 2.75) is 12.8 Å². The molecule has 26 heavy (non-hydrogen) atoms. The number of aromatic nitrogens is 1. The Morgan fingerprint density at radius 2 is 1.81 bits per heavy atom. The molecule has 1 heterocycles. The smallest absolute Gasteiger partial charge is 0.319 e. The number of pyridine rings is 1. The number of nitrogens with one attached hydrogen (secondary N) is 2. The van der Waals surface area contributed by atoms with E-state index < -0.39 is 0 Å². The molecule has 0 radical (unpaired) electrons. The standard InChI is InChI=1S/C21H23N3O2/c25-21(24-19-11-4-9-18-10-5-13-22-20(18)19)23-14-6-15-26-16-12-17-7-2-1-3-8-17/h1-5,7-11,13H,6,12,14-16H2,(H2,23,24,25). The molecule has 0 atom stereocenters. The molecule has 2 aromatic carbocycles. The highest BCUT2D eigenvalue weighted by Gasteiger charge is 2.05. The molecule has 1 aromatic heterocycles. The molecule has 3 rings (SSSR count). The molecule has 0 aliphatic heterocycles. The molecular weight excluding hydrogens is 326 g/mol. The van der Waals surface area contributed by atoms with Crippen LogP contribution in [0.1, 0.15) is 12.0 Å². The number of para-hydroxylation sites is 1. The first-order valence-corrected chi connectivity index (χ1v) is 8.83. The van der Waals surface area contributed by atoms with Crippen molar-refractivity contribution in [3.05, 3.63) is 72.4 Å². The van der Waals surface area contributed by atoms with Gasteiger partial charge in [-0.25, -0.2) is 4.79 Å². The lowest BCUT2D eigenvalue weighted by Crippen LogP contribution is -2.30. The predicted molar refractivity (Wildman–Crippen MR) is 104 cm³/mol. The lowest BCUT2D eigenvalue weighted by atomic mass is 10.2. The maximum Gasteiger partial charge on any atom is 0.319 e. The minimum atomic E-state index is -0.229. The van der Waals surface area contributed by atoms with Crippen LogP contribution in [0.5, 0.6) is 0 Å². The third kappa shape index (κ3) is 5.29. The molecular formula is C21H23N3O2. The molecule has 0 aliphatic carbocycles. The average Bonchev–Trinajstić information content (AvgIpc) is 2.68. The van der Waals surface area contributed by atoms with Gasteiger partial charge in [-0.05, 0) is 30.5 Å². The number of hydrogen-bond acceptors (Lipinski definition) is 3. The van der Waals surface area contributed by atoms with Crippen LogP contribution in [0.15, 0.2) is 66.9 Å². The fourth-order valence-electron chi connectivity index (χ4n) is 2.68. The number of benzene rings is 2. The van der Waals surface area contributed by atoms with Crippen molar-refractivity contribution in [1.82, 2.24) is 10.3 Å². The summed E-state index contributed by atoms with van der Waals surface area (Å²) in [5, 5.41) is 6.70. The number of fused-ring (bicyclic) bond motifs is 1. The van der Waals surface area contributed by atoms with Gasteiger partial charge in [0.2, 0.25) is 0 Å². The summed E-state index contributed by atoms with van der Waals surface area (Å²) in [5.41, 5.74) is 2.77. The largest absolute Gasteiger partial charge is 0.381 e. The monoisotopic (exact) mass is 349 g/mol. The van der Waals surface area contributed by atoms with Crippen LogP contribution >= 0.6 is 0 Å². The topological polar surface area (TPSA) is 63.2 Å². The molecule has 0 unspecified atom stereocenters. The molecule has 0 aliphatic rings. The average molecular weight is 349 g/mol. The predicted octanol–water partition coefficient (Wildman–Crippen LogP) is 4.01. The van der Waals surface area contributed by atoms with Crippen LogP contribution in [0.4, 0.5) is 10.5 Å². The van der Waals surface area contributed by atoms with Crippen molar-refractivity contribution in [3.63, 3.8) is 0 Å². The lowest BCUT2D eigenvalue weighted by molar-refractivity contribution is 0.135. The van der Waals surface area contributed by atoms with Gasteiger partial charge >= 0.3 is 6.03 Å². The first-order valence-electron chi connectivity index (χ1n) is 8.83. The van der Waals surface area contributed by atoms with E-state index >= 15 is 0 Å². The molecule has 5 nitrogen and oxygen atoms in total. The quantitative estimate of drug-likeness (QED) is 0.604. The van der Waals surface area contributed by atoms with Crippen molar-refractivity contribution in [2.75, 3.05) is 25.1 Å². The van der Waals surface area contributed by atoms with E-state index in [4.69, 9.17) is 4.74 Å². The molecule has 0 fully saturated rings. The van der Waals surface area contributed by atoms with Gasteiger partial charge in [-0.2, -0.15) is 0 Å². The summed E-state index contributed by atoms with van der Waals surface area (Å²) in [6.07, 6.45) is 3.40. The van der Waals surface area contributed by atoms with E-state index in [0.717, 1.165) is 23.7 Å². The summed E-state index contributed by atoms with van der Waals surface area (Å²) < 4.78 is 5.61. The molecule has 3 aromatic rings. The Hall–Kier alpha value is -2.92. The first-order chi connectivity index (χ1) is 12.8. The fourth-order valence-corrected chi connectivity index (χ4v) is 2.68. The number of ether oxygens (including phenoxy) is 1. The van der Waals surface area contributed by atoms with E-state index in [9.17, 15) is 4.79 Å². The number of carbonyl (C=O) groups is 1. The Morgan fingerprint density at radius 3 is 2.69 bits per heavy atom. The number of nitrogens with zero attached hydrogens (tertiary/aromatic N) is 1. The molecule has 0 saturated heterocycles. The first kappa shape index (κ1) is 17.9. The van der Waals surface area contributed by atoms with E-state index in [0.29, 0.717) is 25.4 Å². The van der Waals surface area contributed by atoms with Crippen molar-refractivity contribution in [1.29, 1.82) is 0 Å². The number of amides is 2. The Morgan fingerprint density at radius 1 is 0.962 bits per heavy atom. The van der Waals surface area contributed by atoms with Crippen LogP contribution in [0, 0.1) is 0 Å². The van der Waals surface area contributed by atoms with E-state index in [2.05, 4.69) is 27.8 Å². The molecule has 2 N–H and O–H groups in total. The van der Waals surface area contributed by atoms with Gasteiger partial charge in [0, 0.05) is 24.7 Å². The fraction of sp³-hybridized carbons (Fsp3) is 0.238. The van der Waals surface area contributed by atoms with Gasteiger partial charge in [0.15, 0.2) is 0 Å². The van der Waals surface area contributed by atoms with Gasteiger partial charge in [0.05, 0.1) is 17.8 Å². The van der Waals surface area contributed by atoms with Crippen molar-refractivity contribution in [3.8, 4) is 0 Å². The second kappa shape index (κ2) is 9.53. The highest BCUT2D eigenvalue weighted by Crippen LogP contribution is 2.20. The summed E-state index contributed by atoms with van der Waals surface area (Å²) in [5.74, 6) is 0. The van der Waals surface area contributed by atoms with Crippen molar-refractivity contribution >= 4 is 22.6 Å². The van der Waals surface area contributed by atoms with Crippen LogP contribution in [0.2, 0.25) is 0 Å². The van der Waals surface area contributed by atoms with E-state index in [1.807, 2.05) is 48.5 Å². The van der Waals surface area contributed by atoms with Crippen LogP contribution in [0.25, 0.3) is 10.9 Å². The summed E-state index contributed by atoms with van der Waals surface area (Å²) >= 11 is 0. The summed E-state index contributed by atoms with van der Waals surface area (Å²) in [7, 11) is 0. The highest BCUT2D eigenvalue weighted by atomic mass is 16.5. The van der Waals surface area contributed by atoms with Crippen molar-refractivity contribution < 1.29 is 9.53 Å². The third-order valence-electron chi connectivity index (χ3n) is 4.01. The molecule has 0 bridgehead atoms. The summed E-state index contributed by atoms with van der Waals surface area (Å²) in [6.45, 7) is 1.89. The Kier molecular flexibility index (Phi) is 6.56. The number of anilines is 1. The van der Waals surface area contributed by atoms with Gasteiger partial charge < -0.3 is 15.4 Å². The molecule has 2 amide bonds. The molecule has 5 heteroatoms. The van der Waals surface area contributed by atoms with Crippen LogP contribution in [-0.2, 0) is 11.2 Å². The maximum absolute atomic E-state index is 12.0. The normalized spacial score (nSPS) is 10.6. The number of rotatable bonds is 8. The lowest BCUT2D eigenvalue weighted by Gasteiger charge is -2.09. The molecule has 0 spiro atoms. The summed E-state index contributed by atoms with van der Waals surface area (Å²) in [6, 6.07) is 19.6. The van der Waals surface area contributed by atoms with E-state index in [-0.39, 0.29) is 6.03 Å². The number of carbonyl (C=O) groups excluding carboxylic acids is 1. The SMILES string of the molecule is O=C(NCCCOCCc1ccccc1)Nc1cccc2cccnc12. The number of hydrogen-bond donors (Lipinski definition) is 2. The zero-order valence-corrected chi connectivity index (χ0v) is 14.7. The minimum absolute atomic E-state index is 0.229. The zero-order chi connectivity index (χ0) is 18.0. The minimum Gasteiger partial charge on any atom is -0.381 e. The van der Waals surface area contributed by atoms with Gasteiger partial charge in [0.25, 0.3) is 0 Å². The van der Waals surface area contributed by atoms with Crippen LogP contribution < -0.4 is 10.6 Å². The third-order valence-corrected chi connectivity index (χ3v) is 4.01. The molecule has 134 valence electrons. The maximum atomic E-state index is 12.0. The summed E-state index contributed by atoms with van der Waals surface area (Å²) in [4.78, 5) is 16.4. The van der Waals surface area contributed by atoms with E-state index in [1.54, 1.807) is 6.20 Å². The Labute approximate surface area is 153 Å². The molecule has 0 saturated carbocycles. The van der Waals surface area contributed by atoms with Crippen molar-refractivity contribution in [2.24, 2.45) is 0 Å². The van der Waals surface area contributed by atoms with Gasteiger partial charge in [0.1, 0.15) is 0 Å². The zero-order valence-electron chi connectivity index (χ0n) is 14.7. The van der Waals surface area contributed by atoms with Crippen LogP contribution in [-0.4, -0.2) is 30.8 Å². The van der Waals surface area contributed by atoms with Gasteiger partial charge in [-0.15, -0.1) is 0 Å². The second-order valence-electron chi connectivity index (χ2n) is 5.96. The Bertz CT molecular complexity index is 832. The Balaban J connectivity index is 1.33. The van der Waals surface area contributed by atoms with Gasteiger partial charge in [-0.3, -0.25) is 4.98 Å². The van der Waals surface area contributed by atoms with E-state index in [1.165, 1.54) is 5.56 Å². The second-order valence-corrected chi connectivity index (χ2v) is 5.96. The van der Waals surface area contributed by atoms with Crippen LogP contribution in [0.3, 0.4) is 0 Å².